The summed E-state index contributed by atoms with van der Waals surface area (Å²) in [5, 5.41) is 0. The van der Waals surface area contributed by atoms with Gasteiger partial charge < -0.3 is 9.64 Å². The number of rotatable bonds is 8. The summed E-state index contributed by atoms with van der Waals surface area (Å²) in [6, 6.07) is 15.5. The first kappa shape index (κ1) is 19.9. The van der Waals surface area contributed by atoms with Crippen LogP contribution in [0.15, 0.2) is 54.6 Å². The van der Waals surface area contributed by atoms with Crippen LogP contribution in [-0.4, -0.2) is 53.6 Å². The first-order chi connectivity index (χ1) is 12.3. The Bertz CT molecular complexity index is 836. The van der Waals surface area contributed by atoms with Crippen LogP contribution in [0, 0.1) is 0 Å². The molecule has 0 bridgehead atoms. The lowest BCUT2D eigenvalue weighted by molar-refractivity contribution is 0.0600. The minimum Gasteiger partial charge on any atom is -0.465 e. The number of anilines is 1. The van der Waals surface area contributed by atoms with E-state index in [1.807, 2.05) is 37.2 Å². The summed E-state index contributed by atoms with van der Waals surface area (Å²) in [4.78, 5) is 13.6. The van der Waals surface area contributed by atoms with Gasteiger partial charge in [-0.25, -0.2) is 13.2 Å². The van der Waals surface area contributed by atoms with Gasteiger partial charge in [-0.1, -0.05) is 30.3 Å². The fourth-order valence-electron chi connectivity index (χ4n) is 2.51. The van der Waals surface area contributed by atoms with Crippen LogP contribution in [-0.2, 0) is 20.5 Å². The van der Waals surface area contributed by atoms with E-state index in [4.69, 9.17) is 4.74 Å². The Labute approximate surface area is 155 Å². The number of hydrogen-bond acceptors (Lipinski definition) is 5. The van der Waals surface area contributed by atoms with Crippen LogP contribution < -0.4 is 4.31 Å². The number of carbonyl (C=O) groups is 1. The van der Waals surface area contributed by atoms with Crippen LogP contribution in [0.5, 0.6) is 0 Å². The summed E-state index contributed by atoms with van der Waals surface area (Å²) in [5.74, 6) is -0.683. The van der Waals surface area contributed by atoms with Crippen molar-refractivity contribution in [2.45, 2.75) is 5.75 Å². The number of hydrogen-bond donors (Lipinski definition) is 0. The fourth-order valence-corrected chi connectivity index (χ4v) is 4.07. The minimum atomic E-state index is -3.62. The van der Waals surface area contributed by atoms with Gasteiger partial charge in [0.1, 0.15) is 0 Å². The molecule has 0 aromatic heterocycles. The second kappa shape index (κ2) is 8.82. The summed E-state index contributed by atoms with van der Waals surface area (Å²) >= 11 is 0. The highest BCUT2D eigenvalue weighted by Gasteiger charge is 2.23. The predicted molar refractivity (Wildman–Crippen MR) is 103 cm³/mol. The number of sulfonamides is 1. The molecule has 26 heavy (non-hydrogen) atoms. The van der Waals surface area contributed by atoms with E-state index in [1.165, 1.54) is 11.4 Å². The quantitative estimate of drug-likeness (QED) is 0.662. The maximum Gasteiger partial charge on any atom is 0.337 e. The second-order valence-electron chi connectivity index (χ2n) is 6.16. The largest absolute Gasteiger partial charge is 0.465 e. The number of methoxy groups -OCH3 is 1. The van der Waals surface area contributed by atoms with Crippen molar-refractivity contribution in [2.75, 3.05) is 38.6 Å². The number of likely N-dealkylation sites (N-methyl/N-ethyl adjacent to an activating group) is 1. The van der Waals surface area contributed by atoms with Crippen molar-refractivity contribution in [1.29, 1.82) is 0 Å². The average molecular weight is 376 g/mol. The Morgan fingerprint density at radius 3 is 2.31 bits per heavy atom. The van der Waals surface area contributed by atoms with Crippen molar-refractivity contribution in [3.8, 4) is 0 Å². The molecule has 0 heterocycles. The maximum atomic E-state index is 13.1. The lowest BCUT2D eigenvalue weighted by Crippen LogP contribution is -2.37. The molecule has 0 unspecified atom stereocenters. The molecule has 0 saturated heterocycles. The van der Waals surface area contributed by atoms with E-state index in [0.717, 1.165) is 0 Å². The third-order valence-electron chi connectivity index (χ3n) is 3.83. The molecule has 0 saturated carbocycles. The Kier molecular flexibility index (Phi) is 6.76. The molecule has 2 aromatic rings. The van der Waals surface area contributed by atoms with E-state index < -0.39 is 16.0 Å². The van der Waals surface area contributed by atoms with Gasteiger partial charge in [0.05, 0.1) is 24.1 Å². The number of esters is 1. The molecule has 0 N–H and O–H groups in total. The summed E-state index contributed by atoms with van der Waals surface area (Å²) in [6.07, 6.45) is 0. The molecule has 0 aliphatic carbocycles. The van der Waals surface area contributed by atoms with Crippen molar-refractivity contribution in [3.05, 3.63) is 65.7 Å². The summed E-state index contributed by atoms with van der Waals surface area (Å²) in [5.41, 5.74) is 1.50. The molecule has 0 amide bonds. The fraction of sp³-hybridized carbons (Fsp3) is 0.316. The van der Waals surface area contributed by atoms with Crippen LogP contribution in [0.4, 0.5) is 5.69 Å². The molecule has 6 nitrogen and oxygen atoms in total. The van der Waals surface area contributed by atoms with E-state index in [1.54, 1.807) is 36.4 Å². The molecular weight excluding hydrogens is 352 g/mol. The van der Waals surface area contributed by atoms with Gasteiger partial charge in [0, 0.05) is 13.1 Å². The molecule has 0 fully saturated rings. The standard InChI is InChI=1S/C19H24N2O4S/c1-20(2)12-13-21(18-10-5-4-6-11-18)26(23,24)15-16-8-7-9-17(14-16)19(22)25-3/h4-11,14H,12-13,15H2,1-3H3. The van der Waals surface area contributed by atoms with Crippen LogP contribution in [0.25, 0.3) is 0 Å². The molecule has 7 heteroatoms. The minimum absolute atomic E-state index is 0.194. The lowest BCUT2D eigenvalue weighted by atomic mass is 10.1. The molecule has 140 valence electrons. The van der Waals surface area contributed by atoms with Crippen molar-refractivity contribution in [3.63, 3.8) is 0 Å². The van der Waals surface area contributed by atoms with E-state index in [-0.39, 0.29) is 5.75 Å². The summed E-state index contributed by atoms with van der Waals surface area (Å²) < 4.78 is 32.2. The smallest absolute Gasteiger partial charge is 0.337 e. The predicted octanol–water partition coefficient (Wildman–Crippen LogP) is 2.37. The molecular formula is C19H24N2O4S. The van der Waals surface area contributed by atoms with Gasteiger partial charge in [-0.3, -0.25) is 4.31 Å². The van der Waals surface area contributed by atoms with Gasteiger partial charge in [0.2, 0.25) is 10.0 Å². The summed E-state index contributed by atoms with van der Waals surface area (Å²) in [7, 11) is 1.47. The number of para-hydroxylation sites is 1. The Hall–Kier alpha value is -2.38. The van der Waals surface area contributed by atoms with Crippen molar-refractivity contribution >= 4 is 21.7 Å². The topological polar surface area (TPSA) is 66.9 Å². The van der Waals surface area contributed by atoms with Crippen molar-refractivity contribution < 1.29 is 17.9 Å². The van der Waals surface area contributed by atoms with Gasteiger partial charge in [0.15, 0.2) is 0 Å². The monoisotopic (exact) mass is 376 g/mol. The van der Waals surface area contributed by atoms with Crippen LogP contribution in [0.2, 0.25) is 0 Å². The zero-order valence-corrected chi connectivity index (χ0v) is 16.1. The van der Waals surface area contributed by atoms with Crippen molar-refractivity contribution in [1.82, 2.24) is 4.90 Å². The molecule has 2 rings (SSSR count). The normalized spacial score (nSPS) is 11.4. The lowest BCUT2D eigenvalue weighted by Gasteiger charge is -2.26. The molecule has 0 aliphatic heterocycles. The third kappa shape index (κ3) is 5.31. The van der Waals surface area contributed by atoms with Crippen LogP contribution in [0.3, 0.4) is 0 Å². The highest BCUT2D eigenvalue weighted by molar-refractivity contribution is 7.92. The Morgan fingerprint density at radius 2 is 1.69 bits per heavy atom. The van der Waals surface area contributed by atoms with Gasteiger partial charge in [-0.2, -0.15) is 0 Å². The van der Waals surface area contributed by atoms with E-state index >= 15 is 0 Å². The van der Waals surface area contributed by atoms with E-state index in [9.17, 15) is 13.2 Å². The van der Waals surface area contributed by atoms with E-state index in [2.05, 4.69) is 0 Å². The number of benzene rings is 2. The van der Waals surface area contributed by atoms with Crippen LogP contribution in [0.1, 0.15) is 15.9 Å². The zero-order chi connectivity index (χ0) is 19.2. The molecule has 0 atom stereocenters. The highest BCUT2D eigenvalue weighted by Crippen LogP contribution is 2.21. The first-order valence-corrected chi connectivity index (χ1v) is 9.82. The Balaban J connectivity index is 2.30. The maximum absolute atomic E-state index is 13.1. The summed E-state index contributed by atoms with van der Waals surface area (Å²) in [6.45, 7) is 0.937. The van der Waals surface area contributed by atoms with Crippen molar-refractivity contribution in [2.24, 2.45) is 0 Å². The van der Waals surface area contributed by atoms with E-state index in [0.29, 0.717) is 29.9 Å². The first-order valence-electron chi connectivity index (χ1n) is 8.21. The molecule has 0 spiro atoms. The van der Waals surface area contributed by atoms with Crippen LogP contribution >= 0.6 is 0 Å². The van der Waals surface area contributed by atoms with Gasteiger partial charge >= 0.3 is 5.97 Å². The number of ether oxygens (including phenoxy) is 1. The highest BCUT2D eigenvalue weighted by atomic mass is 32.2. The Morgan fingerprint density at radius 1 is 1.00 bits per heavy atom. The SMILES string of the molecule is COC(=O)c1cccc(CS(=O)(=O)N(CCN(C)C)c2ccccc2)c1. The molecule has 0 radical (unpaired) electrons. The third-order valence-corrected chi connectivity index (χ3v) is 5.59. The molecule has 0 aliphatic rings. The number of nitrogens with zero attached hydrogens (tertiary/aromatic N) is 2. The average Bonchev–Trinajstić information content (AvgIpc) is 2.61. The second-order valence-corrected chi connectivity index (χ2v) is 8.05. The van der Waals surface area contributed by atoms with Gasteiger partial charge in [-0.15, -0.1) is 0 Å². The van der Waals surface area contributed by atoms with Gasteiger partial charge in [-0.05, 0) is 43.9 Å². The molecule has 2 aromatic carbocycles. The van der Waals surface area contributed by atoms with Gasteiger partial charge in [0.25, 0.3) is 0 Å². The number of carbonyl (C=O) groups excluding carboxylic acids is 1. The zero-order valence-electron chi connectivity index (χ0n) is 15.3.